The van der Waals surface area contributed by atoms with E-state index >= 15 is 0 Å². The summed E-state index contributed by atoms with van der Waals surface area (Å²) in [4.78, 5) is 4.53. The molecule has 0 fully saturated rings. The molecule has 1 atom stereocenters. The number of hydrogen-bond acceptors (Lipinski definition) is 2. The number of hydrogen-bond donors (Lipinski definition) is 1. The molecule has 0 bridgehead atoms. The first-order valence-electron chi connectivity index (χ1n) is 6.53. The smallest absolute Gasteiger partial charge is 0.0954 e. The van der Waals surface area contributed by atoms with E-state index in [1.807, 2.05) is 6.33 Å². The molecule has 0 aromatic carbocycles. The van der Waals surface area contributed by atoms with Gasteiger partial charge in [-0.15, -0.1) is 0 Å². The van der Waals surface area contributed by atoms with Gasteiger partial charge in [0.15, 0.2) is 0 Å². The molecule has 0 radical (unpaired) electrons. The van der Waals surface area contributed by atoms with Crippen molar-refractivity contribution >= 4 is 0 Å². The number of imidazole rings is 1. The zero-order valence-corrected chi connectivity index (χ0v) is 10.7. The van der Waals surface area contributed by atoms with Gasteiger partial charge in [0.2, 0.25) is 0 Å². The lowest BCUT2D eigenvalue weighted by molar-refractivity contribution is 0.325. The Hall–Kier alpha value is -0.830. The molecule has 2 rings (SSSR count). The zero-order valence-electron chi connectivity index (χ0n) is 10.7. The Morgan fingerprint density at radius 3 is 2.88 bits per heavy atom. The molecule has 16 heavy (non-hydrogen) atoms. The Labute approximate surface area is 98.3 Å². The molecule has 1 aromatic heterocycles. The minimum Gasteiger partial charge on any atom is -0.331 e. The number of nitrogens with one attached hydrogen (secondary N) is 1. The van der Waals surface area contributed by atoms with Gasteiger partial charge in [-0.2, -0.15) is 0 Å². The van der Waals surface area contributed by atoms with Crippen molar-refractivity contribution in [2.75, 3.05) is 6.54 Å². The van der Waals surface area contributed by atoms with Crippen LogP contribution >= 0.6 is 0 Å². The minimum atomic E-state index is 0.587. The van der Waals surface area contributed by atoms with E-state index in [1.54, 1.807) is 0 Å². The summed E-state index contributed by atoms with van der Waals surface area (Å²) in [5, 5.41) is 3.37. The maximum Gasteiger partial charge on any atom is 0.0954 e. The fourth-order valence-electron chi connectivity index (χ4n) is 2.81. The van der Waals surface area contributed by atoms with Crippen LogP contribution in [0.1, 0.15) is 51.0 Å². The first kappa shape index (κ1) is 11.6. The number of aromatic nitrogens is 2. The maximum absolute atomic E-state index is 4.53. The first-order valence-corrected chi connectivity index (χ1v) is 6.53. The molecule has 0 spiro atoms. The highest BCUT2D eigenvalue weighted by atomic mass is 15.1. The average molecular weight is 221 g/mol. The third-order valence-electron chi connectivity index (χ3n) is 3.98. The highest BCUT2D eigenvalue weighted by molar-refractivity contribution is 5.17. The largest absolute Gasteiger partial charge is 0.331 e. The lowest BCUT2D eigenvalue weighted by Gasteiger charge is -2.26. The summed E-state index contributed by atoms with van der Waals surface area (Å²) in [5.74, 6) is 0.771. The Kier molecular flexibility index (Phi) is 3.64. The van der Waals surface area contributed by atoms with Crippen molar-refractivity contribution in [2.24, 2.45) is 5.92 Å². The van der Waals surface area contributed by atoms with Gasteiger partial charge in [-0.25, -0.2) is 4.98 Å². The molecule has 2 heterocycles. The molecule has 1 N–H and O–H groups in total. The molecule has 1 unspecified atom stereocenters. The topological polar surface area (TPSA) is 29.9 Å². The first-order chi connectivity index (χ1) is 7.77. The summed E-state index contributed by atoms with van der Waals surface area (Å²) in [7, 11) is 0. The fourth-order valence-corrected chi connectivity index (χ4v) is 2.81. The molecule has 3 nitrogen and oxygen atoms in total. The second kappa shape index (κ2) is 5.00. The van der Waals surface area contributed by atoms with Gasteiger partial charge in [0.05, 0.1) is 12.0 Å². The zero-order chi connectivity index (χ0) is 11.5. The van der Waals surface area contributed by atoms with E-state index in [4.69, 9.17) is 0 Å². The van der Waals surface area contributed by atoms with Crippen LogP contribution in [0.2, 0.25) is 0 Å². The molecule has 1 aliphatic heterocycles. The van der Waals surface area contributed by atoms with Crippen molar-refractivity contribution in [2.45, 2.75) is 52.6 Å². The molecule has 0 amide bonds. The normalized spacial score (nSPS) is 17.5. The van der Waals surface area contributed by atoms with E-state index in [0.717, 1.165) is 25.4 Å². The van der Waals surface area contributed by atoms with Crippen molar-refractivity contribution in [1.29, 1.82) is 0 Å². The lowest BCUT2D eigenvalue weighted by atomic mass is 9.95. The van der Waals surface area contributed by atoms with Crippen molar-refractivity contribution in [3.05, 3.63) is 17.7 Å². The van der Waals surface area contributed by atoms with Crippen LogP contribution in [0.3, 0.4) is 0 Å². The minimum absolute atomic E-state index is 0.587. The van der Waals surface area contributed by atoms with E-state index in [1.165, 1.54) is 24.2 Å². The number of fused-ring (bicyclic) bond motifs is 1. The van der Waals surface area contributed by atoms with Gasteiger partial charge in [-0.1, -0.05) is 26.7 Å². The quantitative estimate of drug-likeness (QED) is 0.846. The SMILES string of the molecule is CCC(CC)C(C)n1cnc2c1CCNC2. The summed E-state index contributed by atoms with van der Waals surface area (Å²) >= 11 is 0. The van der Waals surface area contributed by atoms with Gasteiger partial charge in [0.25, 0.3) is 0 Å². The van der Waals surface area contributed by atoms with Crippen LogP contribution in [0.4, 0.5) is 0 Å². The second-order valence-electron chi connectivity index (χ2n) is 4.79. The van der Waals surface area contributed by atoms with E-state index in [-0.39, 0.29) is 0 Å². The van der Waals surface area contributed by atoms with Gasteiger partial charge in [0, 0.05) is 31.2 Å². The van der Waals surface area contributed by atoms with Gasteiger partial charge < -0.3 is 9.88 Å². The van der Waals surface area contributed by atoms with Gasteiger partial charge in [0.1, 0.15) is 0 Å². The van der Waals surface area contributed by atoms with Crippen LogP contribution in [0.5, 0.6) is 0 Å². The summed E-state index contributed by atoms with van der Waals surface area (Å²) in [6.45, 7) is 8.94. The Bertz CT molecular complexity index is 339. The standard InChI is InChI=1S/C13H23N3/c1-4-11(5-2)10(3)16-9-15-12-8-14-7-6-13(12)16/h9-11,14H,4-8H2,1-3H3. The predicted octanol–water partition coefficient (Wildman–Crippen LogP) is 2.53. The van der Waals surface area contributed by atoms with E-state index in [9.17, 15) is 0 Å². The predicted molar refractivity (Wildman–Crippen MR) is 66.4 cm³/mol. The average Bonchev–Trinajstić information content (AvgIpc) is 2.74. The molecular formula is C13H23N3. The van der Waals surface area contributed by atoms with Crippen molar-refractivity contribution in [1.82, 2.24) is 14.9 Å². The van der Waals surface area contributed by atoms with Crippen molar-refractivity contribution in [3.8, 4) is 0 Å². The van der Waals surface area contributed by atoms with Crippen LogP contribution in [0.15, 0.2) is 6.33 Å². The van der Waals surface area contributed by atoms with Crippen LogP contribution < -0.4 is 5.32 Å². The highest BCUT2D eigenvalue weighted by Crippen LogP contribution is 2.27. The van der Waals surface area contributed by atoms with Gasteiger partial charge in [-0.05, 0) is 12.8 Å². The number of nitrogens with zero attached hydrogens (tertiary/aromatic N) is 2. The molecule has 3 heteroatoms. The van der Waals surface area contributed by atoms with Crippen LogP contribution in [0.25, 0.3) is 0 Å². The molecule has 0 aliphatic carbocycles. The second-order valence-corrected chi connectivity index (χ2v) is 4.79. The third-order valence-corrected chi connectivity index (χ3v) is 3.98. The Morgan fingerprint density at radius 1 is 1.44 bits per heavy atom. The highest BCUT2D eigenvalue weighted by Gasteiger charge is 2.21. The van der Waals surface area contributed by atoms with Crippen molar-refractivity contribution < 1.29 is 0 Å². The molecule has 90 valence electrons. The van der Waals surface area contributed by atoms with E-state index in [0.29, 0.717) is 6.04 Å². The Balaban J connectivity index is 2.22. The van der Waals surface area contributed by atoms with Crippen molar-refractivity contribution in [3.63, 3.8) is 0 Å². The molecule has 0 saturated carbocycles. The number of rotatable bonds is 4. The van der Waals surface area contributed by atoms with Gasteiger partial charge in [-0.3, -0.25) is 0 Å². The van der Waals surface area contributed by atoms with E-state index in [2.05, 4.69) is 35.6 Å². The van der Waals surface area contributed by atoms with Crippen LogP contribution in [0, 0.1) is 5.92 Å². The van der Waals surface area contributed by atoms with Crippen LogP contribution in [-0.2, 0) is 13.0 Å². The van der Waals surface area contributed by atoms with Gasteiger partial charge >= 0.3 is 0 Å². The summed E-state index contributed by atoms with van der Waals surface area (Å²) in [5.41, 5.74) is 2.71. The fraction of sp³-hybridized carbons (Fsp3) is 0.769. The lowest BCUT2D eigenvalue weighted by Crippen LogP contribution is -2.26. The summed E-state index contributed by atoms with van der Waals surface area (Å²) < 4.78 is 2.41. The van der Waals surface area contributed by atoms with Crippen LogP contribution in [-0.4, -0.2) is 16.1 Å². The molecule has 1 aliphatic rings. The molecule has 1 aromatic rings. The summed E-state index contributed by atoms with van der Waals surface area (Å²) in [6, 6.07) is 0.587. The Morgan fingerprint density at radius 2 is 2.19 bits per heavy atom. The third kappa shape index (κ3) is 2.01. The van der Waals surface area contributed by atoms with E-state index < -0.39 is 0 Å². The molecular weight excluding hydrogens is 198 g/mol. The maximum atomic E-state index is 4.53. The summed E-state index contributed by atoms with van der Waals surface area (Å²) in [6.07, 6.45) is 5.67. The molecule has 0 saturated heterocycles. The monoisotopic (exact) mass is 221 g/mol.